The van der Waals surface area contributed by atoms with Crippen molar-refractivity contribution >= 4 is 6.08 Å². The van der Waals surface area contributed by atoms with Crippen molar-refractivity contribution < 1.29 is 23.4 Å². The van der Waals surface area contributed by atoms with Crippen LogP contribution in [0.4, 0.5) is 13.2 Å². The highest BCUT2D eigenvalue weighted by Gasteiger charge is 2.29. The average Bonchev–Trinajstić information content (AvgIpc) is 2.02. The van der Waals surface area contributed by atoms with Gasteiger partial charge in [0.05, 0.1) is 5.56 Å². The molecule has 1 aromatic rings. The zero-order chi connectivity index (χ0) is 10.8. The Hall–Kier alpha value is -1.65. The molecule has 76 valence electrons. The minimum absolute atomic E-state index is 0.290. The maximum absolute atomic E-state index is 12.1. The highest BCUT2D eigenvalue weighted by molar-refractivity contribution is 5.50. The SMILES string of the molecule is OC(O)=Cc1ccc(C(F)(F)F)cc1. The molecule has 1 aromatic carbocycles. The van der Waals surface area contributed by atoms with Crippen LogP contribution in [0.25, 0.3) is 6.08 Å². The van der Waals surface area contributed by atoms with Gasteiger partial charge in [0.1, 0.15) is 0 Å². The zero-order valence-electron chi connectivity index (χ0n) is 6.92. The van der Waals surface area contributed by atoms with Gasteiger partial charge in [-0.3, -0.25) is 0 Å². The van der Waals surface area contributed by atoms with Gasteiger partial charge in [-0.25, -0.2) is 0 Å². The molecule has 0 aliphatic rings. The Morgan fingerprint density at radius 3 is 1.93 bits per heavy atom. The van der Waals surface area contributed by atoms with E-state index in [1.807, 2.05) is 0 Å². The fraction of sp³-hybridized carbons (Fsp3) is 0.111. The second kappa shape index (κ2) is 3.61. The molecule has 0 bridgehead atoms. The molecule has 0 unspecified atom stereocenters. The molecular formula is C9H7F3O2. The lowest BCUT2D eigenvalue weighted by molar-refractivity contribution is -0.137. The summed E-state index contributed by atoms with van der Waals surface area (Å²) in [4.78, 5) is 0. The molecule has 1 rings (SSSR count). The monoisotopic (exact) mass is 204 g/mol. The van der Waals surface area contributed by atoms with Crippen molar-refractivity contribution in [2.75, 3.05) is 0 Å². The number of aliphatic hydroxyl groups is 2. The number of alkyl halides is 3. The summed E-state index contributed by atoms with van der Waals surface area (Å²) in [6.45, 7) is 0. The Morgan fingerprint density at radius 2 is 1.57 bits per heavy atom. The molecule has 0 aliphatic carbocycles. The highest BCUT2D eigenvalue weighted by atomic mass is 19.4. The van der Waals surface area contributed by atoms with Crippen LogP contribution >= 0.6 is 0 Å². The predicted molar refractivity (Wildman–Crippen MR) is 44.7 cm³/mol. The summed E-state index contributed by atoms with van der Waals surface area (Å²) in [6, 6.07) is 4.04. The van der Waals surface area contributed by atoms with Gasteiger partial charge in [0.2, 0.25) is 0 Å². The third-order valence-electron chi connectivity index (χ3n) is 1.53. The summed E-state index contributed by atoms with van der Waals surface area (Å²) in [7, 11) is 0. The standard InChI is InChI=1S/C9H7F3O2/c10-9(11,12)7-3-1-6(2-4-7)5-8(13)14/h1-5,13-14H. The number of hydrogen-bond acceptors (Lipinski definition) is 2. The highest BCUT2D eigenvalue weighted by Crippen LogP contribution is 2.29. The lowest BCUT2D eigenvalue weighted by Gasteiger charge is -2.05. The summed E-state index contributed by atoms with van der Waals surface area (Å²) < 4.78 is 36.2. The third kappa shape index (κ3) is 2.69. The number of benzene rings is 1. The fourth-order valence-electron chi connectivity index (χ4n) is 0.917. The van der Waals surface area contributed by atoms with Crippen LogP contribution in [-0.2, 0) is 6.18 Å². The molecule has 0 aliphatic heterocycles. The summed E-state index contributed by atoms with van der Waals surface area (Å²) in [5, 5.41) is 16.9. The molecule has 0 heterocycles. The lowest BCUT2D eigenvalue weighted by atomic mass is 10.1. The van der Waals surface area contributed by atoms with Crippen LogP contribution in [0, 0.1) is 0 Å². The molecule has 2 N–H and O–H groups in total. The van der Waals surface area contributed by atoms with Gasteiger partial charge in [-0.2, -0.15) is 13.2 Å². The Balaban J connectivity index is 2.95. The topological polar surface area (TPSA) is 40.5 Å². The molecule has 14 heavy (non-hydrogen) atoms. The molecule has 0 amide bonds. The molecule has 0 spiro atoms. The summed E-state index contributed by atoms with van der Waals surface area (Å²) in [5.41, 5.74) is -0.481. The summed E-state index contributed by atoms with van der Waals surface area (Å²) in [6.07, 6.45) is -3.43. The Morgan fingerprint density at radius 1 is 1.07 bits per heavy atom. The molecular weight excluding hydrogens is 197 g/mol. The van der Waals surface area contributed by atoms with Crippen molar-refractivity contribution in [2.24, 2.45) is 0 Å². The first-order valence-electron chi connectivity index (χ1n) is 3.66. The first-order chi connectivity index (χ1) is 6.39. The van der Waals surface area contributed by atoms with Gasteiger partial charge < -0.3 is 10.2 Å². The second-order valence-electron chi connectivity index (χ2n) is 2.62. The van der Waals surface area contributed by atoms with Gasteiger partial charge in [-0.15, -0.1) is 0 Å². The van der Waals surface area contributed by atoms with Crippen molar-refractivity contribution in [1.82, 2.24) is 0 Å². The van der Waals surface area contributed by atoms with E-state index in [-0.39, 0.29) is 5.56 Å². The van der Waals surface area contributed by atoms with E-state index < -0.39 is 17.7 Å². The Labute approximate surface area is 77.9 Å². The van der Waals surface area contributed by atoms with Crippen molar-refractivity contribution in [3.63, 3.8) is 0 Å². The van der Waals surface area contributed by atoms with E-state index >= 15 is 0 Å². The van der Waals surface area contributed by atoms with Crippen LogP contribution < -0.4 is 0 Å². The van der Waals surface area contributed by atoms with Crippen LogP contribution in [0.3, 0.4) is 0 Å². The molecule has 0 fully saturated rings. The molecule has 0 atom stereocenters. The number of rotatable bonds is 1. The maximum Gasteiger partial charge on any atom is 0.416 e. The van der Waals surface area contributed by atoms with Crippen molar-refractivity contribution in [1.29, 1.82) is 0 Å². The fourth-order valence-corrected chi connectivity index (χ4v) is 0.917. The molecule has 0 aromatic heterocycles. The van der Waals surface area contributed by atoms with Gasteiger partial charge in [-0.05, 0) is 17.7 Å². The smallest absolute Gasteiger partial charge is 0.416 e. The van der Waals surface area contributed by atoms with Gasteiger partial charge in [0.15, 0.2) is 0 Å². The summed E-state index contributed by atoms with van der Waals surface area (Å²) >= 11 is 0. The first-order valence-corrected chi connectivity index (χ1v) is 3.66. The quantitative estimate of drug-likeness (QED) is 0.690. The van der Waals surface area contributed by atoms with E-state index in [2.05, 4.69) is 0 Å². The van der Waals surface area contributed by atoms with E-state index in [9.17, 15) is 13.2 Å². The predicted octanol–water partition coefficient (Wildman–Crippen LogP) is 3.12. The van der Waals surface area contributed by atoms with E-state index in [1.165, 1.54) is 0 Å². The Kier molecular flexibility index (Phi) is 2.69. The number of aliphatic hydroxyl groups excluding tert-OH is 1. The van der Waals surface area contributed by atoms with E-state index in [4.69, 9.17) is 10.2 Å². The first kappa shape index (κ1) is 10.4. The molecule has 0 radical (unpaired) electrons. The average molecular weight is 204 g/mol. The Bertz CT molecular complexity index is 334. The van der Waals surface area contributed by atoms with Gasteiger partial charge in [0.25, 0.3) is 5.95 Å². The number of hydrogen-bond donors (Lipinski definition) is 2. The maximum atomic E-state index is 12.1. The molecule has 2 nitrogen and oxygen atoms in total. The van der Waals surface area contributed by atoms with E-state index in [1.54, 1.807) is 0 Å². The largest absolute Gasteiger partial charge is 0.481 e. The molecule has 5 heteroatoms. The minimum atomic E-state index is -4.37. The lowest BCUT2D eigenvalue weighted by Crippen LogP contribution is -2.03. The van der Waals surface area contributed by atoms with Crippen molar-refractivity contribution in [3.05, 3.63) is 41.3 Å². The van der Waals surface area contributed by atoms with Crippen molar-refractivity contribution in [2.45, 2.75) is 6.18 Å². The van der Waals surface area contributed by atoms with Gasteiger partial charge in [0, 0.05) is 6.08 Å². The van der Waals surface area contributed by atoms with Crippen LogP contribution in [0.2, 0.25) is 0 Å². The van der Waals surface area contributed by atoms with Gasteiger partial charge in [-0.1, -0.05) is 12.1 Å². The van der Waals surface area contributed by atoms with Crippen LogP contribution in [0.1, 0.15) is 11.1 Å². The van der Waals surface area contributed by atoms with Crippen LogP contribution in [0.5, 0.6) is 0 Å². The molecule has 0 saturated heterocycles. The minimum Gasteiger partial charge on any atom is -0.481 e. The second-order valence-corrected chi connectivity index (χ2v) is 2.62. The van der Waals surface area contributed by atoms with Crippen LogP contribution in [-0.4, -0.2) is 10.2 Å². The van der Waals surface area contributed by atoms with Crippen molar-refractivity contribution in [3.8, 4) is 0 Å². The molecule has 0 saturated carbocycles. The summed E-state index contributed by atoms with van der Waals surface area (Å²) in [5.74, 6) is -0.940. The number of halogens is 3. The normalized spacial score (nSPS) is 11.1. The van der Waals surface area contributed by atoms with Gasteiger partial charge >= 0.3 is 6.18 Å². The van der Waals surface area contributed by atoms with E-state index in [0.717, 1.165) is 30.3 Å². The zero-order valence-corrected chi connectivity index (χ0v) is 6.92. The third-order valence-corrected chi connectivity index (χ3v) is 1.53. The van der Waals surface area contributed by atoms with Crippen LogP contribution in [0.15, 0.2) is 30.2 Å². The van der Waals surface area contributed by atoms with E-state index in [0.29, 0.717) is 0 Å².